The van der Waals surface area contributed by atoms with E-state index in [0.29, 0.717) is 15.2 Å². The molecule has 0 atom stereocenters. The molecular formula is C11H10BrCl2NO2. The molecule has 0 bridgehead atoms. The molecule has 0 unspecified atom stereocenters. The van der Waals surface area contributed by atoms with E-state index in [1.54, 1.807) is 12.1 Å². The van der Waals surface area contributed by atoms with Gasteiger partial charge in [-0.1, -0.05) is 23.2 Å². The zero-order chi connectivity index (χ0) is 13.0. The Labute approximate surface area is 118 Å². The Bertz CT molecular complexity index is 463. The number of rotatable bonds is 4. The highest BCUT2D eigenvalue weighted by Crippen LogP contribution is 2.35. The number of halogens is 3. The first-order chi connectivity index (χ1) is 7.91. The van der Waals surface area contributed by atoms with Gasteiger partial charge in [0.1, 0.15) is 5.78 Å². The molecule has 0 aliphatic rings. The molecule has 0 spiro atoms. The second kappa shape index (κ2) is 6.38. The van der Waals surface area contributed by atoms with Crippen molar-refractivity contribution < 1.29 is 9.59 Å². The van der Waals surface area contributed by atoms with Gasteiger partial charge in [-0.3, -0.25) is 4.79 Å². The van der Waals surface area contributed by atoms with Crippen molar-refractivity contribution in [2.75, 3.05) is 5.32 Å². The maximum absolute atomic E-state index is 11.5. The van der Waals surface area contributed by atoms with Crippen LogP contribution in [0.2, 0.25) is 10.0 Å². The van der Waals surface area contributed by atoms with Gasteiger partial charge in [0.25, 0.3) is 0 Å². The van der Waals surface area contributed by atoms with Gasteiger partial charge in [-0.25, -0.2) is 0 Å². The molecule has 1 rings (SSSR count). The summed E-state index contributed by atoms with van der Waals surface area (Å²) in [6.07, 6.45) is 0.354. The highest BCUT2D eigenvalue weighted by molar-refractivity contribution is 9.10. The molecule has 17 heavy (non-hydrogen) atoms. The summed E-state index contributed by atoms with van der Waals surface area (Å²) in [5.41, 5.74) is 0.438. The zero-order valence-corrected chi connectivity index (χ0v) is 12.1. The van der Waals surface area contributed by atoms with Gasteiger partial charge in [0, 0.05) is 17.3 Å². The minimum absolute atomic E-state index is 0.0277. The number of Topliss-reactive ketones (excluding diaryl/α,β-unsaturated/α-hetero) is 1. The van der Waals surface area contributed by atoms with E-state index in [-0.39, 0.29) is 29.6 Å². The molecule has 0 radical (unpaired) electrons. The van der Waals surface area contributed by atoms with Crippen LogP contribution in [0.4, 0.5) is 5.69 Å². The van der Waals surface area contributed by atoms with E-state index in [2.05, 4.69) is 21.2 Å². The number of nitrogens with one attached hydrogen (secondary N) is 1. The van der Waals surface area contributed by atoms with Gasteiger partial charge >= 0.3 is 0 Å². The van der Waals surface area contributed by atoms with Gasteiger partial charge in [0.05, 0.1) is 15.7 Å². The fourth-order valence-corrected chi connectivity index (χ4v) is 1.95. The van der Waals surface area contributed by atoms with E-state index in [0.717, 1.165) is 0 Å². The molecule has 3 nitrogen and oxygen atoms in total. The predicted octanol–water partition coefficient (Wildman–Crippen LogP) is 4.06. The normalized spacial score (nSPS) is 10.1. The Morgan fingerprint density at radius 2 is 1.88 bits per heavy atom. The van der Waals surface area contributed by atoms with Gasteiger partial charge in [-0.05, 0) is 35.0 Å². The first-order valence-electron chi connectivity index (χ1n) is 4.84. The van der Waals surface area contributed by atoms with Gasteiger partial charge in [-0.2, -0.15) is 0 Å². The lowest BCUT2D eigenvalue weighted by Gasteiger charge is -2.08. The Morgan fingerprint density at radius 1 is 1.24 bits per heavy atom. The summed E-state index contributed by atoms with van der Waals surface area (Å²) in [6, 6.07) is 3.33. The average molecular weight is 339 g/mol. The van der Waals surface area contributed by atoms with Crippen LogP contribution in [0.1, 0.15) is 19.8 Å². The summed E-state index contributed by atoms with van der Waals surface area (Å²) in [5.74, 6) is -0.291. The number of hydrogen-bond acceptors (Lipinski definition) is 2. The van der Waals surface area contributed by atoms with E-state index in [4.69, 9.17) is 23.2 Å². The van der Waals surface area contributed by atoms with Gasteiger partial charge in [-0.15, -0.1) is 0 Å². The predicted molar refractivity (Wildman–Crippen MR) is 72.7 cm³/mol. The second-order valence-corrected chi connectivity index (χ2v) is 5.08. The molecule has 0 saturated heterocycles. The van der Waals surface area contributed by atoms with Crippen LogP contribution in [0.25, 0.3) is 0 Å². The third kappa shape index (κ3) is 4.30. The van der Waals surface area contributed by atoms with Crippen LogP contribution < -0.4 is 5.32 Å². The summed E-state index contributed by atoms with van der Waals surface area (Å²) < 4.78 is 0.658. The van der Waals surface area contributed by atoms with Crippen LogP contribution in [-0.4, -0.2) is 11.7 Å². The van der Waals surface area contributed by atoms with Gasteiger partial charge in [0.2, 0.25) is 5.91 Å². The van der Waals surface area contributed by atoms with Gasteiger partial charge < -0.3 is 10.1 Å². The van der Waals surface area contributed by atoms with Crippen LogP contribution in [0.3, 0.4) is 0 Å². The molecule has 0 fully saturated rings. The quantitative estimate of drug-likeness (QED) is 0.841. The Balaban J connectivity index is 2.72. The molecular weight excluding hydrogens is 329 g/mol. The summed E-state index contributed by atoms with van der Waals surface area (Å²) >= 11 is 15.1. The molecule has 1 amide bonds. The van der Waals surface area contributed by atoms with E-state index in [9.17, 15) is 9.59 Å². The molecule has 1 aromatic rings. The molecule has 1 aromatic carbocycles. The summed E-state index contributed by atoms with van der Waals surface area (Å²) in [5, 5.41) is 3.22. The summed E-state index contributed by atoms with van der Waals surface area (Å²) in [4.78, 5) is 22.2. The number of ketones is 1. The number of benzene rings is 1. The minimum Gasteiger partial charge on any atom is -0.325 e. The van der Waals surface area contributed by atoms with Crippen LogP contribution >= 0.6 is 39.1 Å². The third-order valence-corrected chi connectivity index (χ3v) is 3.78. The smallest absolute Gasteiger partial charge is 0.224 e. The van der Waals surface area contributed by atoms with Crippen molar-refractivity contribution in [3.8, 4) is 0 Å². The first-order valence-corrected chi connectivity index (χ1v) is 6.39. The van der Waals surface area contributed by atoms with Crippen molar-refractivity contribution >= 4 is 56.5 Å². The maximum Gasteiger partial charge on any atom is 0.224 e. The standard InChI is InChI=1S/C11H10BrCl2NO2/c1-6(16)2-5-9(17)15-8-4-3-7(12)10(13)11(8)14/h3-4H,2,5H2,1H3,(H,15,17). The van der Waals surface area contributed by atoms with Crippen molar-refractivity contribution in [3.05, 3.63) is 26.7 Å². The average Bonchev–Trinajstić information content (AvgIpc) is 2.27. The third-order valence-electron chi connectivity index (χ3n) is 2.01. The van der Waals surface area contributed by atoms with E-state index >= 15 is 0 Å². The molecule has 6 heteroatoms. The number of carbonyl (C=O) groups excluding carboxylic acids is 2. The second-order valence-electron chi connectivity index (χ2n) is 3.47. The lowest BCUT2D eigenvalue weighted by atomic mass is 10.2. The number of hydrogen-bond donors (Lipinski definition) is 1. The van der Waals surface area contributed by atoms with Crippen molar-refractivity contribution in [2.24, 2.45) is 0 Å². The first kappa shape index (κ1) is 14.5. The van der Waals surface area contributed by atoms with Crippen LogP contribution in [0, 0.1) is 0 Å². The number of amides is 1. The lowest BCUT2D eigenvalue weighted by Crippen LogP contribution is -2.12. The SMILES string of the molecule is CC(=O)CCC(=O)Nc1ccc(Br)c(Cl)c1Cl. The molecule has 0 saturated carbocycles. The van der Waals surface area contributed by atoms with E-state index in [1.165, 1.54) is 6.92 Å². The van der Waals surface area contributed by atoms with Crippen molar-refractivity contribution in [1.82, 2.24) is 0 Å². The number of anilines is 1. The molecule has 0 heterocycles. The molecule has 1 N–H and O–H groups in total. The number of carbonyl (C=O) groups is 2. The van der Waals surface area contributed by atoms with E-state index in [1.807, 2.05) is 0 Å². The fraction of sp³-hybridized carbons (Fsp3) is 0.273. The summed E-state index contributed by atoms with van der Waals surface area (Å²) in [6.45, 7) is 1.44. The summed E-state index contributed by atoms with van der Waals surface area (Å²) in [7, 11) is 0. The Morgan fingerprint density at radius 3 is 2.47 bits per heavy atom. The lowest BCUT2D eigenvalue weighted by molar-refractivity contribution is -0.121. The van der Waals surface area contributed by atoms with E-state index < -0.39 is 0 Å². The Kier molecular flexibility index (Phi) is 5.43. The van der Waals surface area contributed by atoms with Crippen molar-refractivity contribution in [1.29, 1.82) is 0 Å². The monoisotopic (exact) mass is 337 g/mol. The topological polar surface area (TPSA) is 46.2 Å². The van der Waals surface area contributed by atoms with Crippen LogP contribution in [0.5, 0.6) is 0 Å². The van der Waals surface area contributed by atoms with Crippen molar-refractivity contribution in [2.45, 2.75) is 19.8 Å². The van der Waals surface area contributed by atoms with Crippen LogP contribution in [0.15, 0.2) is 16.6 Å². The van der Waals surface area contributed by atoms with Crippen LogP contribution in [-0.2, 0) is 9.59 Å². The highest BCUT2D eigenvalue weighted by atomic mass is 79.9. The van der Waals surface area contributed by atoms with Gasteiger partial charge in [0.15, 0.2) is 0 Å². The molecule has 0 aromatic heterocycles. The molecule has 0 aliphatic heterocycles. The zero-order valence-electron chi connectivity index (χ0n) is 9.02. The van der Waals surface area contributed by atoms with Crippen molar-refractivity contribution in [3.63, 3.8) is 0 Å². The molecule has 92 valence electrons. The highest BCUT2D eigenvalue weighted by Gasteiger charge is 2.11. The largest absolute Gasteiger partial charge is 0.325 e. The Hall–Kier alpha value is -0.580. The minimum atomic E-state index is -0.263. The fourth-order valence-electron chi connectivity index (χ4n) is 1.12. The molecule has 0 aliphatic carbocycles. The maximum atomic E-state index is 11.5.